The number of guanidine groups is 1. The molecule has 0 fully saturated rings. The van der Waals surface area contributed by atoms with Crippen molar-refractivity contribution in [3.63, 3.8) is 0 Å². The fourth-order valence-electron chi connectivity index (χ4n) is 2.64. The van der Waals surface area contributed by atoms with Crippen LogP contribution >= 0.6 is 0 Å². The van der Waals surface area contributed by atoms with E-state index >= 15 is 0 Å². The monoisotopic (exact) mass is 355 g/mol. The summed E-state index contributed by atoms with van der Waals surface area (Å²) in [5.41, 5.74) is 2.18. The highest BCUT2D eigenvalue weighted by molar-refractivity contribution is 5.79. The van der Waals surface area contributed by atoms with Crippen LogP contribution in [0.4, 0.5) is 0 Å². The Morgan fingerprint density at radius 2 is 1.85 bits per heavy atom. The van der Waals surface area contributed by atoms with E-state index in [1.807, 2.05) is 19.1 Å². The Bertz CT molecular complexity index is 727. The van der Waals surface area contributed by atoms with Gasteiger partial charge in [-0.05, 0) is 30.2 Å². The van der Waals surface area contributed by atoms with Gasteiger partial charge in [0.25, 0.3) is 0 Å². The molecule has 2 aromatic rings. The van der Waals surface area contributed by atoms with Gasteiger partial charge < -0.3 is 20.5 Å². The molecule has 0 atom stereocenters. The van der Waals surface area contributed by atoms with Gasteiger partial charge in [0.05, 0.1) is 13.7 Å². The standard InChI is InChI=1S/C21H29N3O2/c1-5-22-20(23-14-16-11-12-19(26-4)18(25)13-16)24-15-21(2,3)17-9-7-6-8-10-17/h6-13,25H,5,14-15H2,1-4H3,(H2,22,23,24). The third-order valence-electron chi connectivity index (χ3n) is 4.26. The fourth-order valence-corrected chi connectivity index (χ4v) is 2.64. The van der Waals surface area contributed by atoms with E-state index in [0.717, 1.165) is 24.6 Å². The van der Waals surface area contributed by atoms with Crippen LogP contribution in [-0.2, 0) is 12.0 Å². The summed E-state index contributed by atoms with van der Waals surface area (Å²) in [6.45, 7) is 8.47. The maximum absolute atomic E-state index is 9.89. The Labute approximate surface area is 156 Å². The molecule has 26 heavy (non-hydrogen) atoms. The molecule has 140 valence electrons. The third kappa shape index (κ3) is 5.41. The van der Waals surface area contributed by atoms with Crippen LogP contribution in [0.25, 0.3) is 0 Å². The average molecular weight is 355 g/mol. The number of hydrogen-bond donors (Lipinski definition) is 3. The van der Waals surface area contributed by atoms with Gasteiger partial charge in [0.2, 0.25) is 0 Å². The highest BCUT2D eigenvalue weighted by Crippen LogP contribution is 2.26. The number of aromatic hydroxyl groups is 1. The van der Waals surface area contributed by atoms with Gasteiger partial charge in [-0.25, -0.2) is 4.99 Å². The Morgan fingerprint density at radius 3 is 2.46 bits per heavy atom. The molecule has 2 aromatic carbocycles. The van der Waals surface area contributed by atoms with Crippen LogP contribution in [0.3, 0.4) is 0 Å². The molecule has 0 heterocycles. The summed E-state index contributed by atoms with van der Waals surface area (Å²) in [4.78, 5) is 4.62. The smallest absolute Gasteiger partial charge is 0.191 e. The van der Waals surface area contributed by atoms with Crippen molar-refractivity contribution in [2.24, 2.45) is 4.99 Å². The molecule has 5 nitrogen and oxygen atoms in total. The minimum Gasteiger partial charge on any atom is -0.504 e. The van der Waals surface area contributed by atoms with E-state index in [-0.39, 0.29) is 11.2 Å². The molecule has 0 unspecified atom stereocenters. The highest BCUT2D eigenvalue weighted by Gasteiger charge is 2.20. The molecule has 0 saturated heterocycles. The Hall–Kier alpha value is -2.69. The third-order valence-corrected chi connectivity index (χ3v) is 4.26. The first-order chi connectivity index (χ1) is 12.5. The van der Waals surface area contributed by atoms with Gasteiger partial charge in [-0.2, -0.15) is 0 Å². The van der Waals surface area contributed by atoms with Gasteiger partial charge in [-0.15, -0.1) is 0 Å². The second kappa shape index (κ2) is 9.13. The van der Waals surface area contributed by atoms with E-state index in [1.165, 1.54) is 12.7 Å². The summed E-state index contributed by atoms with van der Waals surface area (Å²) in [5.74, 6) is 1.35. The average Bonchev–Trinajstić information content (AvgIpc) is 2.65. The number of aliphatic imine (C=N–C) groups is 1. The highest BCUT2D eigenvalue weighted by atomic mass is 16.5. The molecule has 0 bridgehead atoms. The molecular formula is C21H29N3O2. The van der Waals surface area contributed by atoms with E-state index in [0.29, 0.717) is 12.3 Å². The number of rotatable bonds is 7. The lowest BCUT2D eigenvalue weighted by atomic mass is 9.85. The van der Waals surface area contributed by atoms with Gasteiger partial charge in [-0.3, -0.25) is 0 Å². The van der Waals surface area contributed by atoms with Crippen LogP contribution < -0.4 is 15.4 Å². The van der Waals surface area contributed by atoms with Crippen molar-refractivity contribution in [1.29, 1.82) is 0 Å². The summed E-state index contributed by atoms with van der Waals surface area (Å²) in [6.07, 6.45) is 0. The summed E-state index contributed by atoms with van der Waals surface area (Å²) in [6, 6.07) is 15.8. The van der Waals surface area contributed by atoms with Gasteiger partial charge >= 0.3 is 0 Å². The predicted octanol–water partition coefficient (Wildman–Crippen LogP) is 3.43. The normalized spacial score (nSPS) is 11.9. The molecule has 0 amide bonds. The van der Waals surface area contributed by atoms with Crippen LogP contribution in [0.15, 0.2) is 53.5 Å². The molecule has 0 aliphatic rings. The molecule has 0 aliphatic carbocycles. The lowest BCUT2D eigenvalue weighted by Gasteiger charge is -2.26. The van der Waals surface area contributed by atoms with E-state index in [4.69, 9.17) is 4.74 Å². The van der Waals surface area contributed by atoms with Crippen molar-refractivity contribution >= 4 is 5.96 Å². The molecule has 0 aromatic heterocycles. The van der Waals surface area contributed by atoms with Gasteiger partial charge in [0, 0.05) is 18.5 Å². The second-order valence-corrected chi connectivity index (χ2v) is 6.80. The summed E-state index contributed by atoms with van der Waals surface area (Å²) in [5, 5.41) is 16.6. The number of benzene rings is 2. The van der Waals surface area contributed by atoms with Crippen molar-refractivity contribution in [3.05, 3.63) is 59.7 Å². The van der Waals surface area contributed by atoms with Crippen LogP contribution in [0.2, 0.25) is 0 Å². The van der Waals surface area contributed by atoms with Crippen molar-refractivity contribution in [3.8, 4) is 11.5 Å². The number of hydrogen-bond acceptors (Lipinski definition) is 3. The van der Waals surface area contributed by atoms with E-state index < -0.39 is 0 Å². The second-order valence-electron chi connectivity index (χ2n) is 6.80. The summed E-state index contributed by atoms with van der Waals surface area (Å²) < 4.78 is 5.07. The van der Waals surface area contributed by atoms with Crippen molar-refractivity contribution in [1.82, 2.24) is 10.6 Å². The quantitative estimate of drug-likeness (QED) is 0.526. The SMILES string of the molecule is CCNC(=NCc1ccc(OC)c(O)c1)NCC(C)(C)c1ccccc1. The summed E-state index contributed by atoms with van der Waals surface area (Å²) in [7, 11) is 1.54. The molecule has 0 saturated carbocycles. The molecule has 0 spiro atoms. The topological polar surface area (TPSA) is 65.9 Å². The molecule has 5 heteroatoms. The number of nitrogens with zero attached hydrogens (tertiary/aromatic N) is 1. The first-order valence-corrected chi connectivity index (χ1v) is 8.90. The van der Waals surface area contributed by atoms with Crippen LogP contribution in [0.1, 0.15) is 31.9 Å². The fraction of sp³-hybridized carbons (Fsp3) is 0.381. The van der Waals surface area contributed by atoms with Crippen molar-refractivity contribution < 1.29 is 9.84 Å². The Balaban J connectivity index is 2.03. The Kier molecular flexibility index (Phi) is 6.89. The minimum atomic E-state index is -0.0180. The summed E-state index contributed by atoms with van der Waals surface area (Å²) >= 11 is 0. The number of phenols is 1. The van der Waals surface area contributed by atoms with Crippen molar-refractivity contribution in [2.45, 2.75) is 32.7 Å². The number of methoxy groups -OCH3 is 1. The largest absolute Gasteiger partial charge is 0.504 e. The van der Waals surface area contributed by atoms with E-state index in [9.17, 15) is 5.11 Å². The molecular weight excluding hydrogens is 326 g/mol. The number of ether oxygens (including phenoxy) is 1. The molecule has 0 radical (unpaired) electrons. The van der Waals surface area contributed by atoms with Crippen LogP contribution in [-0.4, -0.2) is 31.3 Å². The lowest BCUT2D eigenvalue weighted by molar-refractivity contribution is 0.373. The van der Waals surface area contributed by atoms with Gasteiger partial charge in [0.1, 0.15) is 0 Å². The van der Waals surface area contributed by atoms with Crippen molar-refractivity contribution in [2.75, 3.05) is 20.2 Å². The molecule has 0 aliphatic heterocycles. The van der Waals surface area contributed by atoms with Gasteiger partial charge in [-0.1, -0.05) is 50.2 Å². The lowest BCUT2D eigenvalue weighted by Crippen LogP contribution is -2.43. The van der Waals surface area contributed by atoms with Crippen LogP contribution in [0.5, 0.6) is 11.5 Å². The minimum absolute atomic E-state index is 0.0180. The maximum atomic E-state index is 9.89. The molecule has 2 rings (SSSR count). The van der Waals surface area contributed by atoms with E-state index in [1.54, 1.807) is 12.1 Å². The first-order valence-electron chi connectivity index (χ1n) is 8.90. The zero-order valence-corrected chi connectivity index (χ0v) is 16.0. The van der Waals surface area contributed by atoms with Crippen LogP contribution in [0, 0.1) is 0 Å². The maximum Gasteiger partial charge on any atom is 0.191 e. The Morgan fingerprint density at radius 1 is 1.12 bits per heavy atom. The predicted molar refractivity (Wildman–Crippen MR) is 107 cm³/mol. The van der Waals surface area contributed by atoms with Gasteiger partial charge in [0.15, 0.2) is 17.5 Å². The zero-order chi connectivity index (χ0) is 19.0. The first kappa shape index (κ1) is 19.6. The zero-order valence-electron chi connectivity index (χ0n) is 16.0. The number of nitrogens with one attached hydrogen (secondary N) is 2. The number of phenolic OH excluding ortho intramolecular Hbond substituents is 1. The molecule has 3 N–H and O–H groups in total. The van der Waals surface area contributed by atoms with E-state index in [2.05, 4.69) is 53.7 Å².